The molecule has 2 rings (SSSR count). The minimum Gasteiger partial charge on any atom is -0.307 e. The highest BCUT2D eigenvalue weighted by atomic mass is 32.2. The van der Waals surface area contributed by atoms with Gasteiger partial charge in [0.1, 0.15) is 6.29 Å². The summed E-state index contributed by atoms with van der Waals surface area (Å²) in [4.78, 5) is 11.8. The maximum Gasteiger partial charge on any atom is 0.136 e. The average Bonchev–Trinajstić information content (AvgIpc) is 2.67. The van der Waals surface area contributed by atoms with E-state index in [1.807, 2.05) is 30.0 Å². The molecular formula is C11H13NOS. The number of carbonyl (C=O) groups is 1. The lowest BCUT2D eigenvalue weighted by Crippen LogP contribution is -2.22. The van der Waals surface area contributed by atoms with Gasteiger partial charge in [0.25, 0.3) is 0 Å². The Kier molecular flexibility index (Phi) is 3.22. The second-order valence-corrected chi connectivity index (χ2v) is 4.81. The monoisotopic (exact) mass is 207 g/mol. The topological polar surface area (TPSA) is 29.1 Å². The lowest BCUT2D eigenvalue weighted by Gasteiger charge is -2.06. The second-order valence-electron chi connectivity index (χ2n) is 3.44. The van der Waals surface area contributed by atoms with E-state index >= 15 is 0 Å². The van der Waals surface area contributed by atoms with E-state index in [0.29, 0.717) is 5.25 Å². The fourth-order valence-corrected chi connectivity index (χ4v) is 2.80. The smallest absolute Gasteiger partial charge is 0.136 e. The summed E-state index contributed by atoms with van der Waals surface area (Å²) in [6.07, 6.45) is 1.95. The van der Waals surface area contributed by atoms with E-state index in [2.05, 4.69) is 17.4 Å². The summed E-state index contributed by atoms with van der Waals surface area (Å²) in [5.41, 5.74) is 0. The van der Waals surface area contributed by atoms with Gasteiger partial charge in [-0.2, -0.15) is 0 Å². The molecular weight excluding hydrogens is 194 g/mol. The third-order valence-electron chi connectivity index (χ3n) is 2.33. The summed E-state index contributed by atoms with van der Waals surface area (Å²) in [5.74, 6) is 0. The number of benzene rings is 1. The maximum atomic E-state index is 10.5. The first-order valence-corrected chi connectivity index (χ1v) is 5.67. The molecule has 0 saturated carbocycles. The van der Waals surface area contributed by atoms with Gasteiger partial charge in [0.2, 0.25) is 0 Å². The highest BCUT2D eigenvalue weighted by Crippen LogP contribution is 2.27. The molecule has 1 saturated heterocycles. The molecule has 3 heteroatoms. The lowest BCUT2D eigenvalue weighted by atomic mass is 10.2. The van der Waals surface area contributed by atoms with Crippen molar-refractivity contribution in [1.29, 1.82) is 0 Å². The molecule has 2 atom stereocenters. The SMILES string of the molecule is O=C[C@@H]1C[C@@H](Sc2ccccc2)CN1. The molecule has 1 aromatic rings. The van der Waals surface area contributed by atoms with Crippen molar-refractivity contribution in [3.05, 3.63) is 30.3 Å². The van der Waals surface area contributed by atoms with Crippen LogP contribution in [0.25, 0.3) is 0 Å². The van der Waals surface area contributed by atoms with Gasteiger partial charge in [-0.1, -0.05) is 18.2 Å². The Morgan fingerprint density at radius 3 is 2.79 bits per heavy atom. The van der Waals surface area contributed by atoms with Crippen molar-refractivity contribution < 1.29 is 4.79 Å². The van der Waals surface area contributed by atoms with Crippen molar-refractivity contribution in [1.82, 2.24) is 5.32 Å². The van der Waals surface area contributed by atoms with Crippen molar-refractivity contribution in [3.63, 3.8) is 0 Å². The first kappa shape index (κ1) is 9.74. The van der Waals surface area contributed by atoms with Crippen LogP contribution in [0.1, 0.15) is 6.42 Å². The summed E-state index contributed by atoms with van der Waals surface area (Å²) in [7, 11) is 0. The van der Waals surface area contributed by atoms with Crippen LogP contribution in [0.15, 0.2) is 35.2 Å². The largest absolute Gasteiger partial charge is 0.307 e. The van der Waals surface area contributed by atoms with Gasteiger partial charge in [0, 0.05) is 16.7 Å². The molecule has 2 nitrogen and oxygen atoms in total. The molecule has 1 aliphatic rings. The first-order valence-electron chi connectivity index (χ1n) is 4.79. The molecule has 0 aromatic heterocycles. The Bertz CT molecular complexity index is 301. The summed E-state index contributed by atoms with van der Waals surface area (Å²) >= 11 is 1.85. The molecule has 0 amide bonds. The van der Waals surface area contributed by atoms with Gasteiger partial charge in [0.15, 0.2) is 0 Å². The van der Waals surface area contributed by atoms with Crippen LogP contribution in [-0.4, -0.2) is 24.1 Å². The molecule has 0 unspecified atom stereocenters. The van der Waals surface area contributed by atoms with E-state index in [1.54, 1.807) is 0 Å². The number of hydrogen-bond acceptors (Lipinski definition) is 3. The van der Waals surface area contributed by atoms with Crippen LogP contribution in [0.5, 0.6) is 0 Å². The maximum absolute atomic E-state index is 10.5. The van der Waals surface area contributed by atoms with E-state index in [-0.39, 0.29) is 6.04 Å². The first-order chi connectivity index (χ1) is 6.88. The molecule has 1 N–H and O–H groups in total. The number of rotatable bonds is 3. The lowest BCUT2D eigenvalue weighted by molar-refractivity contribution is -0.109. The zero-order chi connectivity index (χ0) is 9.80. The molecule has 0 spiro atoms. The molecule has 0 radical (unpaired) electrons. The van der Waals surface area contributed by atoms with Crippen LogP contribution in [0.2, 0.25) is 0 Å². The molecule has 1 heterocycles. The molecule has 14 heavy (non-hydrogen) atoms. The Morgan fingerprint density at radius 1 is 1.36 bits per heavy atom. The number of thioether (sulfide) groups is 1. The number of aldehydes is 1. The van der Waals surface area contributed by atoms with Gasteiger partial charge in [-0.25, -0.2) is 0 Å². The molecule has 74 valence electrons. The number of nitrogens with one attached hydrogen (secondary N) is 1. The molecule has 0 bridgehead atoms. The van der Waals surface area contributed by atoms with Gasteiger partial charge in [-0.3, -0.25) is 0 Å². The van der Waals surface area contributed by atoms with Crippen LogP contribution in [0.4, 0.5) is 0 Å². The van der Waals surface area contributed by atoms with Crippen LogP contribution in [0, 0.1) is 0 Å². The predicted molar refractivity (Wildman–Crippen MR) is 58.6 cm³/mol. The summed E-state index contributed by atoms with van der Waals surface area (Å²) in [6, 6.07) is 10.4. The highest BCUT2D eigenvalue weighted by molar-refractivity contribution is 8.00. The zero-order valence-corrected chi connectivity index (χ0v) is 8.67. The van der Waals surface area contributed by atoms with Crippen LogP contribution in [-0.2, 0) is 4.79 Å². The molecule has 0 aliphatic carbocycles. The zero-order valence-electron chi connectivity index (χ0n) is 7.85. The van der Waals surface area contributed by atoms with Crippen LogP contribution in [0.3, 0.4) is 0 Å². The van der Waals surface area contributed by atoms with E-state index in [9.17, 15) is 4.79 Å². The Labute approximate surface area is 88.1 Å². The standard InChI is InChI=1S/C11H13NOS/c13-8-9-6-11(7-12-9)14-10-4-2-1-3-5-10/h1-5,8-9,11-12H,6-7H2/t9-,11+/m0/s1. The molecule has 1 aromatic carbocycles. The second kappa shape index (κ2) is 4.62. The van der Waals surface area contributed by atoms with Crippen molar-refractivity contribution in [3.8, 4) is 0 Å². The van der Waals surface area contributed by atoms with E-state index < -0.39 is 0 Å². The van der Waals surface area contributed by atoms with Crippen LogP contribution >= 0.6 is 11.8 Å². The van der Waals surface area contributed by atoms with Crippen LogP contribution < -0.4 is 5.32 Å². The summed E-state index contributed by atoms with van der Waals surface area (Å²) in [6.45, 7) is 0.933. The fraction of sp³-hybridized carbons (Fsp3) is 0.364. The third kappa shape index (κ3) is 2.36. The Morgan fingerprint density at radius 2 is 2.14 bits per heavy atom. The number of hydrogen-bond donors (Lipinski definition) is 1. The normalized spacial score (nSPS) is 26.3. The summed E-state index contributed by atoms with van der Waals surface area (Å²) in [5, 5.41) is 3.72. The predicted octanol–water partition coefficient (Wildman–Crippen LogP) is 1.71. The Balaban J connectivity index is 1.90. The van der Waals surface area contributed by atoms with E-state index in [0.717, 1.165) is 19.3 Å². The quantitative estimate of drug-likeness (QED) is 0.765. The minimum atomic E-state index is 0.0659. The molecule has 1 fully saturated rings. The van der Waals surface area contributed by atoms with Gasteiger partial charge in [-0.15, -0.1) is 11.8 Å². The van der Waals surface area contributed by atoms with Crippen molar-refractivity contribution in [2.45, 2.75) is 22.6 Å². The van der Waals surface area contributed by atoms with E-state index in [4.69, 9.17) is 0 Å². The highest BCUT2D eigenvalue weighted by Gasteiger charge is 2.23. The third-order valence-corrected chi connectivity index (χ3v) is 3.57. The van der Waals surface area contributed by atoms with Crippen molar-refractivity contribution in [2.75, 3.05) is 6.54 Å². The van der Waals surface area contributed by atoms with Crippen molar-refractivity contribution in [2.24, 2.45) is 0 Å². The van der Waals surface area contributed by atoms with Gasteiger partial charge in [0.05, 0.1) is 6.04 Å². The summed E-state index contributed by atoms with van der Waals surface area (Å²) < 4.78 is 0. The minimum absolute atomic E-state index is 0.0659. The fourth-order valence-electron chi connectivity index (χ4n) is 1.62. The molecule has 1 aliphatic heterocycles. The van der Waals surface area contributed by atoms with Gasteiger partial charge >= 0.3 is 0 Å². The average molecular weight is 207 g/mol. The van der Waals surface area contributed by atoms with Gasteiger partial charge in [-0.05, 0) is 18.6 Å². The Hall–Kier alpha value is -0.800. The van der Waals surface area contributed by atoms with Crippen molar-refractivity contribution >= 4 is 18.0 Å². The van der Waals surface area contributed by atoms with E-state index in [1.165, 1.54) is 4.90 Å². The van der Waals surface area contributed by atoms with Gasteiger partial charge < -0.3 is 10.1 Å². The number of carbonyl (C=O) groups excluding carboxylic acids is 1.